The van der Waals surface area contributed by atoms with E-state index in [0.29, 0.717) is 37.7 Å². The summed E-state index contributed by atoms with van der Waals surface area (Å²) in [6.45, 7) is 3.34. The highest BCUT2D eigenvalue weighted by Gasteiger charge is 2.14. The molecule has 7 heteroatoms. The number of hydrogen-bond donors (Lipinski definition) is 2. The second-order valence-electron chi connectivity index (χ2n) is 3.90. The second kappa shape index (κ2) is 12.3. The Balaban J connectivity index is 3.47. The summed E-state index contributed by atoms with van der Waals surface area (Å²) in [5.74, 6) is 0.645. The Hall–Kier alpha value is -0.790. The van der Waals surface area contributed by atoms with Crippen molar-refractivity contribution in [2.75, 3.05) is 38.4 Å². The molecule has 19 heavy (non-hydrogen) atoms. The van der Waals surface area contributed by atoms with E-state index in [1.807, 2.05) is 0 Å². The fraction of sp³-hybridized carbons (Fsp3) is 0.833. The Kier molecular flexibility index (Phi) is 11.7. The van der Waals surface area contributed by atoms with Crippen LogP contribution in [0.5, 0.6) is 0 Å². The molecule has 0 aromatic rings. The Labute approximate surface area is 118 Å². The van der Waals surface area contributed by atoms with E-state index < -0.39 is 6.04 Å². The lowest BCUT2D eigenvalue weighted by Gasteiger charge is -2.10. The Morgan fingerprint density at radius 3 is 2.79 bits per heavy atom. The van der Waals surface area contributed by atoms with Gasteiger partial charge in [-0.15, -0.1) is 0 Å². The lowest BCUT2D eigenvalue weighted by molar-refractivity contribution is -0.144. The summed E-state index contributed by atoms with van der Waals surface area (Å²) in [7, 11) is 1.63. The average molecular weight is 292 g/mol. The monoisotopic (exact) mass is 292 g/mol. The molecule has 0 aliphatic rings. The summed E-state index contributed by atoms with van der Waals surface area (Å²) in [5, 5.41) is 2.79. The predicted octanol–water partition coefficient (Wildman–Crippen LogP) is 0.153. The number of amides is 1. The summed E-state index contributed by atoms with van der Waals surface area (Å²) in [4.78, 5) is 22.6. The molecule has 1 unspecified atom stereocenters. The van der Waals surface area contributed by atoms with Gasteiger partial charge in [-0.2, -0.15) is 11.8 Å². The Morgan fingerprint density at radius 2 is 2.16 bits per heavy atom. The first kappa shape index (κ1) is 18.2. The first-order chi connectivity index (χ1) is 9.11. The quantitative estimate of drug-likeness (QED) is 0.416. The van der Waals surface area contributed by atoms with Crippen molar-refractivity contribution in [1.82, 2.24) is 5.32 Å². The molecule has 112 valence electrons. The SMILES string of the molecule is CCOC(=O)C(N)CCSCC(=O)NCCCOC. The molecule has 1 amide bonds. The lowest BCUT2D eigenvalue weighted by atomic mass is 10.2. The number of carbonyl (C=O) groups is 2. The zero-order valence-electron chi connectivity index (χ0n) is 11.6. The van der Waals surface area contributed by atoms with Gasteiger partial charge >= 0.3 is 5.97 Å². The molecule has 3 N–H and O–H groups in total. The molecule has 0 spiro atoms. The molecule has 0 aromatic carbocycles. The maximum absolute atomic E-state index is 11.4. The lowest BCUT2D eigenvalue weighted by Crippen LogP contribution is -2.33. The molecule has 0 aliphatic heterocycles. The molecule has 1 atom stereocenters. The molecule has 0 aromatic heterocycles. The number of ether oxygens (including phenoxy) is 2. The maximum atomic E-state index is 11.4. The number of carbonyl (C=O) groups excluding carboxylic acids is 2. The van der Waals surface area contributed by atoms with Crippen molar-refractivity contribution in [3.63, 3.8) is 0 Å². The van der Waals surface area contributed by atoms with Crippen molar-refractivity contribution in [2.24, 2.45) is 5.73 Å². The molecule has 0 aliphatic carbocycles. The van der Waals surface area contributed by atoms with E-state index in [1.165, 1.54) is 11.8 Å². The van der Waals surface area contributed by atoms with Crippen LogP contribution in [0.4, 0.5) is 0 Å². The largest absolute Gasteiger partial charge is 0.465 e. The van der Waals surface area contributed by atoms with Crippen molar-refractivity contribution in [2.45, 2.75) is 25.8 Å². The summed E-state index contributed by atoms with van der Waals surface area (Å²) < 4.78 is 9.67. The molecule has 0 radical (unpaired) electrons. The summed E-state index contributed by atoms with van der Waals surface area (Å²) >= 11 is 1.46. The highest BCUT2D eigenvalue weighted by molar-refractivity contribution is 7.99. The van der Waals surface area contributed by atoms with E-state index in [0.717, 1.165) is 6.42 Å². The average Bonchev–Trinajstić information content (AvgIpc) is 2.39. The number of nitrogens with one attached hydrogen (secondary N) is 1. The summed E-state index contributed by atoms with van der Waals surface area (Å²) in [6.07, 6.45) is 1.32. The summed E-state index contributed by atoms with van der Waals surface area (Å²) in [6, 6.07) is -0.600. The zero-order chi connectivity index (χ0) is 14.5. The minimum atomic E-state index is -0.600. The molecular formula is C12H24N2O4S. The van der Waals surface area contributed by atoms with Crippen LogP contribution >= 0.6 is 11.8 Å². The van der Waals surface area contributed by atoms with Gasteiger partial charge in [-0.1, -0.05) is 0 Å². The number of methoxy groups -OCH3 is 1. The van der Waals surface area contributed by atoms with Crippen molar-refractivity contribution < 1.29 is 19.1 Å². The Morgan fingerprint density at radius 1 is 1.42 bits per heavy atom. The smallest absolute Gasteiger partial charge is 0.322 e. The van der Waals surface area contributed by atoms with Gasteiger partial charge in [-0.25, -0.2) is 0 Å². The molecular weight excluding hydrogens is 268 g/mol. The zero-order valence-corrected chi connectivity index (χ0v) is 12.5. The van der Waals surface area contributed by atoms with Crippen LogP contribution in [0.2, 0.25) is 0 Å². The molecule has 0 bridgehead atoms. The minimum Gasteiger partial charge on any atom is -0.465 e. The van der Waals surface area contributed by atoms with Crippen LogP contribution in [-0.4, -0.2) is 56.3 Å². The van der Waals surface area contributed by atoms with Gasteiger partial charge in [0.25, 0.3) is 0 Å². The minimum absolute atomic E-state index is 0.00851. The first-order valence-electron chi connectivity index (χ1n) is 6.37. The third kappa shape index (κ3) is 10.8. The van der Waals surface area contributed by atoms with Crippen molar-refractivity contribution >= 4 is 23.6 Å². The van der Waals surface area contributed by atoms with E-state index in [-0.39, 0.29) is 11.9 Å². The fourth-order valence-electron chi connectivity index (χ4n) is 1.24. The molecule has 0 rings (SSSR count). The van der Waals surface area contributed by atoms with Gasteiger partial charge in [-0.3, -0.25) is 9.59 Å². The van der Waals surface area contributed by atoms with Gasteiger partial charge in [0.1, 0.15) is 6.04 Å². The van der Waals surface area contributed by atoms with E-state index >= 15 is 0 Å². The fourth-order valence-corrected chi connectivity index (χ4v) is 2.09. The number of rotatable bonds is 11. The van der Waals surface area contributed by atoms with Gasteiger partial charge in [0.2, 0.25) is 5.91 Å². The number of hydrogen-bond acceptors (Lipinski definition) is 6. The third-order valence-corrected chi connectivity index (χ3v) is 3.23. The highest BCUT2D eigenvalue weighted by Crippen LogP contribution is 2.04. The van der Waals surface area contributed by atoms with Gasteiger partial charge in [0.05, 0.1) is 12.4 Å². The molecule has 0 saturated heterocycles. The van der Waals surface area contributed by atoms with Crippen LogP contribution in [0.15, 0.2) is 0 Å². The maximum Gasteiger partial charge on any atom is 0.322 e. The normalized spacial score (nSPS) is 11.9. The Bertz CT molecular complexity index is 264. The van der Waals surface area contributed by atoms with E-state index in [9.17, 15) is 9.59 Å². The third-order valence-electron chi connectivity index (χ3n) is 2.24. The first-order valence-corrected chi connectivity index (χ1v) is 7.52. The number of esters is 1. The van der Waals surface area contributed by atoms with E-state index in [2.05, 4.69) is 5.32 Å². The molecule has 6 nitrogen and oxygen atoms in total. The van der Waals surface area contributed by atoms with Gasteiger partial charge < -0.3 is 20.5 Å². The van der Waals surface area contributed by atoms with Crippen LogP contribution in [0.1, 0.15) is 19.8 Å². The van der Waals surface area contributed by atoms with Gasteiger partial charge in [-0.05, 0) is 25.5 Å². The molecule has 0 fully saturated rings. The molecule has 0 saturated carbocycles. The standard InChI is InChI=1S/C12H24N2O4S/c1-3-18-12(16)10(13)5-8-19-9-11(15)14-6-4-7-17-2/h10H,3-9,13H2,1-2H3,(H,14,15). The summed E-state index contributed by atoms with van der Waals surface area (Å²) in [5.41, 5.74) is 5.63. The van der Waals surface area contributed by atoms with Gasteiger partial charge in [0.15, 0.2) is 0 Å². The van der Waals surface area contributed by atoms with Crippen LogP contribution in [0.25, 0.3) is 0 Å². The van der Waals surface area contributed by atoms with Crippen LogP contribution < -0.4 is 11.1 Å². The highest BCUT2D eigenvalue weighted by atomic mass is 32.2. The molecule has 0 heterocycles. The van der Waals surface area contributed by atoms with Crippen molar-refractivity contribution in [3.8, 4) is 0 Å². The predicted molar refractivity (Wildman–Crippen MR) is 76.1 cm³/mol. The topological polar surface area (TPSA) is 90.7 Å². The van der Waals surface area contributed by atoms with Crippen LogP contribution in [0.3, 0.4) is 0 Å². The second-order valence-corrected chi connectivity index (χ2v) is 5.00. The van der Waals surface area contributed by atoms with Crippen LogP contribution in [-0.2, 0) is 19.1 Å². The number of thioether (sulfide) groups is 1. The number of nitrogens with two attached hydrogens (primary N) is 1. The van der Waals surface area contributed by atoms with Crippen molar-refractivity contribution in [3.05, 3.63) is 0 Å². The van der Waals surface area contributed by atoms with E-state index in [1.54, 1.807) is 14.0 Å². The van der Waals surface area contributed by atoms with E-state index in [4.69, 9.17) is 15.2 Å². The van der Waals surface area contributed by atoms with Crippen molar-refractivity contribution in [1.29, 1.82) is 0 Å². The van der Waals surface area contributed by atoms with Crippen LogP contribution in [0, 0.1) is 0 Å². The van der Waals surface area contributed by atoms with Gasteiger partial charge in [0, 0.05) is 20.3 Å².